The lowest BCUT2D eigenvalue weighted by atomic mass is 10.1. The summed E-state index contributed by atoms with van der Waals surface area (Å²) in [4.78, 5) is 10.7. The molecule has 0 saturated heterocycles. The molecule has 0 radical (unpaired) electrons. The number of carbonyl (C=O) groups excluding carboxylic acids is 1. The van der Waals surface area contributed by atoms with Crippen molar-refractivity contribution in [1.82, 2.24) is 0 Å². The maximum atomic E-state index is 10.7. The fourth-order valence-corrected chi connectivity index (χ4v) is 1.17. The van der Waals surface area contributed by atoms with Crippen molar-refractivity contribution in [2.24, 2.45) is 0 Å². The van der Waals surface area contributed by atoms with Crippen molar-refractivity contribution in [3.05, 3.63) is 0 Å². The summed E-state index contributed by atoms with van der Waals surface area (Å²) in [7, 11) is 0. The molecule has 13 heavy (non-hydrogen) atoms. The lowest BCUT2D eigenvalue weighted by Crippen LogP contribution is -2.52. The van der Waals surface area contributed by atoms with Crippen molar-refractivity contribution >= 4 is 28.4 Å². The van der Waals surface area contributed by atoms with Crippen molar-refractivity contribution in [3.8, 4) is 0 Å². The number of rotatable bonds is 5. The highest BCUT2D eigenvalue weighted by Crippen LogP contribution is 2.24. The lowest BCUT2D eigenvalue weighted by molar-refractivity contribution is -0.145. The lowest BCUT2D eigenvalue weighted by Gasteiger charge is -2.29. The Morgan fingerprint density at radius 2 is 1.85 bits per heavy atom. The van der Waals surface area contributed by atoms with E-state index in [1.807, 2.05) is 0 Å². The molecule has 0 aliphatic carbocycles. The predicted molar refractivity (Wildman–Crippen MR) is 50.2 cm³/mol. The fraction of sp³-hybridized carbons (Fsp3) is 0.833. The van der Waals surface area contributed by atoms with Crippen LogP contribution in [0.15, 0.2) is 0 Å². The number of alkyl halides is 1. The van der Waals surface area contributed by atoms with Gasteiger partial charge in [0.2, 0.25) is 0 Å². The van der Waals surface area contributed by atoms with Crippen LogP contribution in [-0.2, 0) is 4.79 Å². The predicted octanol–water partition coefficient (Wildman–Crippen LogP) is -2.61. The first-order valence-electron chi connectivity index (χ1n) is 3.39. The third kappa shape index (κ3) is 3.11. The minimum Gasteiger partial charge on any atom is -0.394 e. The molecule has 0 aliphatic rings. The third-order valence-electron chi connectivity index (χ3n) is 1.48. The minimum atomic E-state index is -2.19. The normalized spacial score (nSPS) is 20.5. The summed E-state index contributed by atoms with van der Waals surface area (Å²) >= 11 is 1.23. The van der Waals surface area contributed by atoms with E-state index >= 15 is 0 Å². The number of hydrogen-bond donors (Lipinski definition) is 5. The zero-order valence-corrected chi connectivity index (χ0v) is 8.75. The van der Waals surface area contributed by atoms with Gasteiger partial charge >= 0.3 is 0 Å². The topological polar surface area (TPSA) is 118 Å². The van der Waals surface area contributed by atoms with Crippen molar-refractivity contribution in [1.29, 1.82) is 0 Å². The van der Waals surface area contributed by atoms with Crippen LogP contribution in [0.2, 0.25) is 0 Å². The molecule has 0 fully saturated rings. The smallest absolute Gasteiger partial charge is 0.190 e. The Morgan fingerprint density at radius 1 is 1.38 bits per heavy atom. The first-order valence-corrected chi connectivity index (χ1v) is 4.47. The van der Waals surface area contributed by atoms with E-state index in [9.17, 15) is 9.90 Å². The second kappa shape index (κ2) is 5.17. The molecule has 0 saturated carbocycles. The van der Waals surface area contributed by atoms with Crippen molar-refractivity contribution in [2.45, 2.75) is 15.8 Å². The van der Waals surface area contributed by atoms with Gasteiger partial charge in [-0.2, -0.15) is 0 Å². The number of aliphatic hydroxyl groups is 5. The highest BCUT2D eigenvalue weighted by atomic mass is 127. The number of carbonyl (C=O) groups is 1. The van der Waals surface area contributed by atoms with Gasteiger partial charge in [-0.3, -0.25) is 4.79 Å². The molecule has 5 N–H and O–H groups in total. The number of ketones is 1. The minimum absolute atomic E-state index is 0.796. The molecule has 0 unspecified atom stereocenters. The van der Waals surface area contributed by atoms with Gasteiger partial charge in [0.05, 0.1) is 6.61 Å². The summed E-state index contributed by atoms with van der Waals surface area (Å²) in [5.74, 6) is -1.02. The summed E-state index contributed by atoms with van der Waals surface area (Å²) < 4.78 is -2.19. The first kappa shape index (κ1) is 13.2. The van der Waals surface area contributed by atoms with Crippen LogP contribution in [0.3, 0.4) is 0 Å². The maximum Gasteiger partial charge on any atom is 0.190 e. The van der Waals surface area contributed by atoms with Gasteiger partial charge in [0.15, 0.2) is 15.5 Å². The first-order chi connectivity index (χ1) is 5.87. The summed E-state index contributed by atoms with van der Waals surface area (Å²) in [6.45, 7) is -1.74. The number of halogens is 1. The molecule has 0 heterocycles. The van der Waals surface area contributed by atoms with Gasteiger partial charge in [-0.1, -0.05) is 0 Å². The number of aliphatic hydroxyl groups excluding tert-OH is 4. The van der Waals surface area contributed by atoms with Crippen LogP contribution in [0.5, 0.6) is 0 Å². The van der Waals surface area contributed by atoms with E-state index in [4.69, 9.17) is 20.4 Å². The molecule has 0 bridgehead atoms. The van der Waals surface area contributed by atoms with E-state index in [-0.39, 0.29) is 0 Å². The molecule has 0 aromatic rings. The van der Waals surface area contributed by atoms with Gasteiger partial charge < -0.3 is 25.5 Å². The second-order valence-corrected chi connectivity index (χ2v) is 4.18. The Labute approximate surface area is 88.0 Å². The number of Topliss-reactive ketones (excluding diaryl/α,β-unsaturated/α-hetero) is 1. The quantitative estimate of drug-likeness (QED) is 0.280. The zero-order chi connectivity index (χ0) is 10.6. The Kier molecular flexibility index (Phi) is 5.25. The van der Waals surface area contributed by atoms with Crippen LogP contribution in [0.25, 0.3) is 0 Å². The van der Waals surface area contributed by atoms with Crippen LogP contribution < -0.4 is 0 Å². The van der Waals surface area contributed by atoms with Crippen molar-refractivity contribution in [3.63, 3.8) is 0 Å². The van der Waals surface area contributed by atoms with Gasteiger partial charge in [0.25, 0.3) is 0 Å². The molecule has 6 nitrogen and oxygen atoms in total. The number of hydrogen-bond acceptors (Lipinski definition) is 6. The van der Waals surface area contributed by atoms with Gasteiger partial charge in [-0.15, -0.1) is 0 Å². The van der Waals surface area contributed by atoms with Crippen molar-refractivity contribution < 1.29 is 30.3 Å². The average Bonchev–Trinajstić information content (AvgIpc) is 2.13. The highest BCUT2D eigenvalue weighted by molar-refractivity contribution is 14.1. The van der Waals surface area contributed by atoms with Gasteiger partial charge in [0, 0.05) is 0 Å². The molecule has 0 spiro atoms. The standard InChI is InChI=1S/C6H11IO6/c7-6(13,4(11)2-9)5(12)3(10)1-8/h4-5,8-9,11-13H,1-2H2/t4-,5-,6-/m1/s1. The summed E-state index contributed by atoms with van der Waals surface area (Å²) in [6.07, 6.45) is -3.58. The van der Waals surface area contributed by atoms with Crippen LogP contribution in [0, 0.1) is 0 Å². The molecule has 3 atom stereocenters. The van der Waals surface area contributed by atoms with E-state index in [2.05, 4.69) is 0 Å². The van der Waals surface area contributed by atoms with Crippen LogP contribution in [0.1, 0.15) is 0 Å². The molecule has 7 heteroatoms. The van der Waals surface area contributed by atoms with Crippen LogP contribution in [-0.4, -0.2) is 60.3 Å². The molecule has 0 aromatic heterocycles. The van der Waals surface area contributed by atoms with Gasteiger partial charge in [0.1, 0.15) is 12.7 Å². The summed E-state index contributed by atoms with van der Waals surface area (Å²) in [6, 6.07) is 0. The monoisotopic (exact) mass is 306 g/mol. The van der Waals surface area contributed by atoms with Gasteiger partial charge in [-0.05, 0) is 22.6 Å². The van der Waals surface area contributed by atoms with E-state index in [1.54, 1.807) is 0 Å². The highest BCUT2D eigenvalue weighted by Gasteiger charge is 2.43. The van der Waals surface area contributed by atoms with Crippen LogP contribution in [0.4, 0.5) is 0 Å². The van der Waals surface area contributed by atoms with Crippen molar-refractivity contribution in [2.75, 3.05) is 13.2 Å². The summed E-state index contributed by atoms with van der Waals surface area (Å²) in [5, 5.41) is 44.3. The molecular weight excluding hydrogens is 295 g/mol. The molecule has 0 amide bonds. The largest absolute Gasteiger partial charge is 0.394 e. The Bertz CT molecular complexity index is 182. The molecule has 78 valence electrons. The van der Waals surface area contributed by atoms with E-state index in [0.29, 0.717) is 0 Å². The molecular formula is C6H11IO6. The van der Waals surface area contributed by atoms with E-state index in [1.165, 1.54) is 22.6 Å². The van der Waals surface area contributed by atoms with Crippen LogP contribution >= 0.6 is 22.6 Å². The summed E-state index contributed by atoms with van der Waals surface area (Å²) in [5.41, 5.74) is 0. The van der Waals surface area contributed by atoms with Gasteiger partial charge in [-0.25, -0.2) is 0 Å². The maximum absolute atomic E-state index is 10.7. The van der Waals surface area contributed by atoms with E-state index < -0.39 is 34.8 Å². The fourth-order valence-electron chi connectivity index (χ4n) is 0.623. The molecule has 0 aromatic carbocycles. The average molecular weight is 306 g/mol. The van der Waals surface area contributed by atoms with E-state index in [0.717, 1.165) is 0 Å². The Balaban J connectivity index is 4.52. The third-order valence-corrected chi connectivity index (χ3v) is 2.79. The Hall–Kier alpha value is 0.200. The SMILES string of the molecule is O=C(CO)[C@@H](O)[C@@](O)(I)[C@H](O)CO. The molecule has 0 rings (SSSR count). The Morgan fingerprint density at radius 3 is 2.15 bits per heavy atom. The zero-order valence-electron chi connectivity index (χ0n) is 6.59. The second-order valence-electron chi connectivity index (χ2n) is 2.45. The molecule has 0 aliphatic heterocycles.